The van der Waals surface area contributed by atoms with Gasteiger partial charge >= 0.3 is 0 Å². The number of hydrogen-bond donors (Lipinski definition) is 1. The number of ether oxygens (including phenoxy) is 1. The standard InChI is InChI=1S/C15H27N3OS/c1-11(2)16-9-14-12(3)17-15(20-14)18(4)10-13-7-5-6-8-19-13/h11,13,16H,5-10H2,1-4H3. The first-order valence-electron chi connectivity index (χ1n) is 7.58. The fourth-order valence-corrected chi connectivity index (χ4v) is 3.35. The zero-order valence-corrected chi connectivity index (χ0v) is 13.9. The maximum absolute atomic E-state index is 5.81. The van der Waals surface area contributed by atoms with Crippen LogP contribution in [-0.2, 0) is 11.3 Å². The number of aromatic nitrogens is 1. The molecule has 1 aromatic heterocycles. The number of anilines is 1. The van der Waals surface area contributed by atoms with E-state index in [0.717, 1.165) is 30.5 Å². The maximum atomic E-state index is 5.81. The van der Waals surface area contributed by atoms with E-state index in [1.54, 1.807) is 11.3 Å². The van der Waals surface area contributed by atoms with Crippen molar-refractivity contribution in [2.75, 3.05) is 25.1 Å². The first-order valence-corrected chi connectivity index (χ1v) is 8.40. The molecule has 5 heteroatoms. The number of nitrogens with one attached hydrogen (secondary N) is 1. The van der Waals surface area contributed by atoms with Crippen LogP contribution in [0.4, 0.5) is 5.13 Å². The summed E-state index contributed by atoms with van der Waals surface area (Å²) < 4.78 is 5.81. The molecule has 0 aliphatic carbocycles. The summed E-state index contributed by atoms with van der Waals surface area (Å²) in [6.07, 6.45) is 4.05. The molecule has 0 bridgehead atoms. The topological polar surface area (TPSA) is 37.4 Å². The van der Waals surface area contributed by atoms with Crippen molar-refractivity contribution in [3.8, 4) is 0 Å². The molecule has 1 atom stereocenters. The minimum atomic E-state index is 0.371. The van der Waals surface area contributed by atoms with Gasteiger partial charge in [-0.05, 0) is 26.2 Å². The molecule has 2 rings (SSSR count). The lowest BCUT2D eigenvalue weighted by atomic mass is 10.1. The third-order valence-electron chi connectivity index (χ3n) is 3.63. The third-order valence-corrected chi connectivity index (χ3v) is 4.90. The summed E-state index contributed by atoms with van der Waals surface area (Å²) in [5.74, 6) is 0. The highest BCUT2D eigenvalue weighted by molar-refractivity contribution is 7.15. The molecular formula is C15H27N3OS. The Morgan fingerprint density at radius 2 is 2.25 bits per heavy atom. The Bertz CT molecular complexity index is 413. The Kier molecular flexibility index (Phi) is 5.81. The first-order chi connectivity index (χ1) is 9.56. The molecule has 1 fully saturated rings. The van der Waals surface area contributed by atoms with Crippen LogP contribution in [0.2, 0.25) is 0 Å². The smallest absolute Gasteiger partial charge is 0.185 e. The molecular weight excluding hydrogens is 270 g/mol. The lowest BCUT2D eigenvalue weighted by Crippen LogP contribution is -2.33. The number of thiazole rings is 1. The number of aryl methyl sites for hydroxylation is 1. The monoisotopic (exact) mass is 297 g/mol. The number of nitrogens with zero attached hydrogens (tertiary/aromatic N) is 2. The van der Waals surface area contributed by atoms with Gasteiger partial charge in [-0.2, -0.15) is 0 Å². The van der Waals surface area contributed by atoms with Crippen LogP contribution in [0.25, 0.3) is 0 Å². The summed E-state index contributed by atoms with van der Waals surface area (Å²) in [5.41, 5.74) is 1.15. The maximum Gasteiger partial charge on any atom is 0.185 e. The van der Waals surface area contributed by atoms with Crippen LogP contribution in [0.15, 0.2) is 0 Å². The normalized spacial score (nSPS) is 19.6. The van der Waals surface area contributed by atoms with Crippen LogP contribution in [-0.4, -0.2) is 37.3 Å². The van der Waals surface area contributed by atoms with Gasteiger partial charge in [0.1, 0.15) is 0 Å². The quantitative estimate of drug-likeness (QED) is 0.876. The summed E-state index contributed by atoms with van der Waals surface area (Å²) in [7, 11) is 2.12. The van der Waals surface area contributed by atoms with Crippen molar-refractivity contribution in [2.24, 2.45) is 0 Å². The molecule has 0 spiro atoms. The van der Waals surface area contributed by atoms with Crippen LogP contribution < -0.4 is 10.2 Å². The predicted octanol–water partition coefficient (Wildman–Crippen LogP) is 2.95. The van der Waals surface area contributed by atoms with E-state index in [-0.39, 0.29) is 0 Å². The minimum Gasteiger partial charge on any atom is -0.376 e. The van der Waals surface area contributed by atoms with Crippen molar-refractivity contribution in [1.82, 2.24) is 10.3 Å². The number of rotatable bonds is 6. The molecule has 1 unspecified atom stereocenters. The van der Waals surface area contributed by atoms with E-state index in [0.29, 0.717) is 12.1 Å². The highest BCUT2D eigenvalue weighted by atomic mass is 32.1. The van der Waals surface area contributed by atoms with Crippen molar-refractivity contribution < 1.29 is 4.74 Å². The Hall–Kier alpha value is -0.650. The molecule has 114 valence electrons. The second-order valence-corrected chi connectivity index (χ2v) is 6.97. The van der Waals surface area contributed by atoms with E-state index in [1.165, 1.54) is 24.1 Å². The van der Waals surface area contributed by atoms with E-state index in [1.807, 2.05) is 0 Å². The SMILES string of the molecule is Cc1nc(N(C)CC2CCCCO2)sc1CNC(C)C. The van der Waals surface area contributed by atoms with Gasteiger partial charge in [0, 0.05) is 37.7 Å². The summed E-state index contributed by atoms with van der Waals surface area (Å²) in [5, 5.41) is 4.57. The number of hydrogen-bond acceptors (Lipinski definition) is 5. The van der Waals surface area contributed by atoms with Gasteiger partial charge in [0.15, 0.2) is 5.13 Å². The Balaban J connectivity index is 1.92. The molecule has 0 saturated carbocycles. The van der Waals surface area contributed by atoms with E-state index in [2.05, 4.69) is 38.0 Å². The predicted molar refractivity (Wildman–Crippen MR) is 85.7 cm³/mol. The molecule has 1 aliphatic heterocycles. The van der Waals surface area contributed by atoms with Crippen molar-refractivity contribution in [3.63, 3.8) is 0 Å². The van der Waals surface area contributed by atoms with Crippen molar-refractivity contribution in [3.05, 3.63) is 10.6 Å². The Morgan fingerprint density at radius 1 is 1.45 bits per heavy atom. The van der Waals surface area contributed by atoms with Crippen LogP contribution in [0.3, 0.4) is 0 Å². The van der Waals surface area contributed by atoms with Gasteiger partial charge < -0.3 is 15.0 Å². The summed E-state index contributed by atoms with van der Waals surface area (Å²) in [6.45, 7) is 9.22. The second kappa shape index (κ2) is 7.38. The fourth-order valence-electron chi connectivity index (χ4n) is 2.37. The van der Waals surface area contributed by atoms with Gasteiger partial charge in [0.05, 0.1) is 11.8 Å². The molecule has 1 aliphatic rings. The molecule has 1 N–H and O–H groups in total. The zero-order chi connectivity index (χ0) is 14.5. The summed E-state index contributed by atoms with van der Waals surface area (Å²) in [4.78, 5) is 8.28. The van der Waals surface area contributed by atoms with Crippen LogP contribution in [0.5, 0.6) is 0 Å². The van der Waals surface area contributed by atoms with Gasteiger partial charge in [-0.3, -0.25) is 0 Å². The van der Waals surface area contributed by atoms with Crippen molar-refractivity contribution in [1.29, 1.82) is 0 Å². The molecule has 4 nitrogen and oxygen atoms in total. The lowest BCUT2D eigenvalue weighted by Gasteiger charge is -2.27. The molecule has 1 aromatic rings. The van der Waals surface area contributed by atoms with Crippen LogP contribution >= 0.6 is 11.3 Å². The van der Waals surface area contributed by atoms with Gasteiger partial charge in [0.25, 0.3) is 0 Å². The minimum absolute atomic E-state index is 0.371. The zero-order valence-electron chi connectivity index (χ0n) is 13.1. The van der Waals surface area contributed by atoms with E-state index in [9.17, 15) is 0 Å². The average Bonchev–Trinajstić information content (AvgIpc) is 2.79. The molecule has 20 heavy (non-hydrogen) atoms. The van der Waals surface area contributed by atoms with Gasteiger partial charge in [-0.1, -0.05) is 13.8 Å². The average molecular weight is 297 g/mol. The van der Waals surface area contributed by atoms with Crippen molar-refractivity contribution >= 4 is 16.5 Å². The van der Waals surface area contributed by atoms with Gasteiger partial charge in [-0.15, -0.1) is 11.3 Å². The summed E-state index contributed by atoms with van der Waals surface area (Å²) in [6, 6.07) is 0.508. The Morgan fingerprint density at radius 3 is 2.90 bits per heavy atom. The molecule has 0 radical (unpaired) electrons. The molecule has 2 heterocycles. The van der Waals surface area contributed by atoms with E-state index >= 15 is 0 Å². The Labute approximate surface area is 126 Å². The molecule has 1 saturated heterocycles. The largest absolute Gasteiger partial charge is 0.376 e. The fraction of sp³-hybridized carbons (Fsp3) is 0.800. The summed E-state index contributed by atoms with van der Waals surface area (Å²) >= 11 is 1.79. The highest BCUT2D eigenvalue weighted by Crippen LogP contribution is 2.26. The van der Waals surface area contributed by atoms with Crippen LogP contribution in [0.1, 0.15) is 43.7 Å². The van der Waals surface area contributed by atoms with E-state index < -0.39 is 0 Å². The van der Waals surface area contributed by atoms with Crippen LogP contribution in [0, 0.1) is 6.92 Å². The second-order valence-electron chi connectivity index (χ2n) is 5.91. The molecule has 0 aromatic carbocycles. The first kappa shape index (κ1) is 15.7. The highest BCUT2D eigenvalue weighted by Gasteiger charge is 2.18. The van der Waals surface area contributed by atoms with Gasteiger partial charge in [0.2, 0.25) is 0 Å². The number of likely N-dealkylation sites (N-methyl/N-ethyl adjacent to an activating group) is 1. The molecule has 0 amide bonds. The van der Waals surface area contributed by atoms with Gasteiger partial charge in [-0.25, -0.2) is 4.98 Å². The lowest BCUT2D eigenvalue weighted by molar-refractivity contribution is 0.0216. The van der Waals surface area contributed by atoms with E-state index in [4.69, 9.17) is 9.72 Å². The van der Waals surface area contributed by atoms with Crippen molar-refractivity contribution in [2.45, 2.75) is 58.7 Å². The third kappa shape index (κ3) is 4.43.